The molecule has 3 heterocycles. The van der Waals surface area contributed by atoms with Gasteiger partial charge in [-0.2, -0.15) is 0 Å². The first-order valence-corrected chi connectivity index (χ1v) is 9.46. The van der Waals surface area contributed by atoms with E-state index in [1.807, 2.05) is 41.3 Å². The lowest BCUT2D eigenvalue weighted by atomic mass is 10.0. The number of rotatable bonds is 3. The van der Waals surface area contributed by atoms with E-state index in [9.17, 15) is 4.79 Å². The van der Waals surface area contributed by atoms with Crippen molar-refractivity contribution < 1.29 is 4.79 Å². The van der Waals surface area contributed by atoms with Gasteiger partial charge >= 0.3 is 0 Å². The number of pyridine rings is 1. The van der Waals surface area contributed by atoms with Gasteiger partial charge in [-0.3, -0.25) is 4.79 Å². The first kappa shape index (κ1) is 17.2. The van der Waals surface area contributed by atoms with Crippen molar-refractivity contribution in [3.8, 4) is 11.1 Å². The molecule has 0 unspecified atom stereocenters. The number of aromatic nitrogens is 3. The molecule has 4 aromatic rings. The van der Waals surface area contributed by atoms with Crippen molar-refractivity contribution in [2.24, 2.45) is 0 Å². The topological polar surface area (TPSA) is 92.3 Å². The van der Waals surface area contributed by atoms with Crippen LogP contribution in [0.25, 0.3) is 37.9 Å². The number of carbonyl (C=O) groups is 1. The molecule has 7 heteroatoms. The van der Waals surface area contributed by atoms with E-state index in [1.165, 1.54) is 0 Å². The zero-order valence-corrected chi connectivity index (χ0v) is 15.6. The third-order valence-corrected chi connectivity index (χ3v) is 5.32. The van der Waals surface area contributed by atoms with Gasteiger partial charge in [-0.25, -0.2) is 14.8 Å². The Morgan fingerprint density at radius 3 is 2.83 bits per heavy atom. The smallest absolute Gasteiger partial charge is 0.223 e. The first-order valence-electron chi connectivity index (χ1n) is 9.46. The number of anilines is 1. The Morgan fingerprint density at radius 1 is 1.17 bits per heavy atom. The van der Waals surface area contributed by atoms with Crippen LogP contribution in [0, 0.1) is 6.57 Å². The second-order valence-electron chi connectivity index (χ2n) is 7.22. The number of aromatic amines is 1. The summed E-state index contributed by atoms with van der Waals surface area (Å²) >= 11 is 0. The number of hydrogen-bond donors (Lipinski definition) is 2. The predicted molar refractivity (Wildman–Crippen MR) is 112 cm³/mol. The summed E-state index contributed by atoms with van der Waals surface area (Å²) in [5.41, 5.74) is 10.9. The van der Waals surface area contributed by atoms with Crippen LogP contribution in [0.4, 0.5) is 11.5 Å². The number of nitrogen functional groups attached to an aromatic ring is 1. The van der Waals surface area contributed by atoms with Gasteiger partial charge in [-0.1, -0.05) is 24.3 Å². The maximum absolute atomic E-state index is 11.9. The number of nitrogens with zero attached hydrogens (tertiary/aromatic N) is 4. The van der Waals surface area contributed by atoms with Crippen LogP contribution in [0.2, 0.25) is 0 Å². The van der Waals surface area contributed by atoms with Crippen molar-refractivity contribution in [2.75, 3.05) is 12.3 Å². The summed E-state index contributed by atoms with van der Waals surface area (Å²) in [7, 11) is 0. The summed E-state index contributed by atoms with van der Waals surface area (Å²) in [6.45, 7) is 8.42. The van der Waals surface area contributed by atoms with Crippen LogP contribution >= 0.6 is 0 Å². The van der Waals surface area contributed by atoms with Crippen LogP contribution < -0.4 is 5.73 Å². The van der Waals surface area contributed by atoms with Gasteiger partial charge in [0, 0.05) is 18.4 Å². The lowest BCUT2D eigenvalue weighted by Crippen LogP contribution is -2.24. The molecule has 0 aliphatic carbocycles. The minimum Gasteiger partial charge on any atom is -0.382 e. The van der Waals surface area contributed by atoms with Crippen LogP contribution in [0.5, 0.6) is 0 Å². The molecule has 2 aromatic heterocycles. The standard InChI is InChI=1S/C22H18N6O/c1-24-15-5-2-4-13(10-15)14-7-8-16-17(11-14)25-22(23)21-20(16)26-18(27-21)12-28-9-3-6-19(28)29/h2,4-5,7-8,10-11H,3,6,9,12H2,(H2,23,25)(H,26,27). The SMILES string of the molecule is [C-]#[N+]c1cccc(-c2ccc3c(c2)nc(N)c2[nH]c(CN4CCCC4=O)nc23)c1. The number of hydrogen-bond acceptors (Lipinski definition) is 4. The quantitative estimate of drug-likeness (QED) is 0.523. The Balaban J connectivity index is 1.59. The van der Waals surface area contributed by atoms with Gasteiger partial charge in [0.1, 0.15) is 22.7 Å². The van der Waals surface area contributed by atoms with Gasteiger partial charge in [0.25, 0.3) is 0 Å². The summed E-state index contributed by atoms with van der Waals surface area (Å²) in [6.07, 6.45) is 1.49. The summed E-state index contributed by atoms with van der Waals surface area (Å²) in [4.78, 5) is 29.7. The molecule has 5 rings (SSSR count). The third-order valence-electron chi connectivity index (χ3n) is 5.32. The summed E-state index contributed by atoms with van der Waals surface area (Å²) < 4.78 is 0. The molecular weight excluding hydrogens is 364 g/mol. The maximum atomic E-state index is 11.9. The third kappa shape index (κ3) is 2.95. The van der Waals surface area contributed by atoms with E-state index >= 15 is 0 Å². The Hall–Kier alpha value is -3.92. The molecule has 3 N–H and O–H groups in total. The van der Waals surface area contributed by atoms with E-state index in [1.54, 1.807) is 6.07 Å². The normalized spacial score (nSPS) is 14.0. The average molecular weight is 382 g/mol. The number of imidazole rings is 1. The van der Waals surface area contributed by atoms with Crippen LogP contribution in [0.3, 0.4) is 0 Å². The highest BCUT2D eigenvalue weighted by molar-refractivity contribution is 6.07. The van der Waals surface area contributed by atoms with Gasteiger partial charge in [-0.05, 0) is 35.7 Å². The van der Waals surface area contributed by atoms with Crippen molar-refractivity contribution in [3.63, 3.8) is 0 Å². The number of likely N-dealkylation sites (tertiary alicyclic amines) is 1. The summed E-state index contributed by atoms with van der Waals surface area (Å²) in [5, 5.41) is 0.898. The van der Waals surface area contributed by atoms with Crippen molar-refractivity contribution in [2.45, 2.75) is 19.4 Å². The van der Waals surface area contributed by atoms with Gasteiger partial charge in [0.15, 0.2) is 5.69 Å². The monoisotopic (exact) mass is 382 g/mol. The summed E-state index contributed by atoms with van der Waals surface area (Å²) in [5.74, 6) is 1.25. The van der Waals surface area contributed by atoms with E-state index in [0.717, 1.165) is 40.5 Å². The number of amides is 1. The Morgan fingerprint density at radius 2 is 2.03 bits per heavy atom. The molecule has 0 bridgehead atoms. The van der Waals surface area contributed by atoms with Crippen molar-refractivity contribution in [3.05, 3.63) is 59.7 Å². The second-order valence-corrected chi connectivity index (χ2v) is 7.22. The number of carbonyl (C=O) groups excluding carboxylic acids is 1. The molecule has 142 valence electrons. The second kappa shape index (κ2) is 6.60. The molecule has 1 amide bonds. The number of benzene rings is 2. The summed E-state index contributed by atoms with van der Waals surface area (Å²) in [6, 6.07) is 13.4. The fourth-order valence-electron chi connectivity index (χ4n) is 3.87. The molecule has 0 radical (unpaired) electrons. The van der Waals surface area contributed by atoms with E-state index in [-0.39, 0.29) is 5.91 Å². The molecule has 0 atom stereocenters. The van der Waals surface area contributed by atoms with Crippen molar-refractivity contribution in [1.82, 2.24) is 19.9 Å². The lowest BCUT2D eigenvalue weighted by molar-refractivity contribution is -0.128. The highest BCUT2D eigenvalue weighted by atomic mass is 16.2. The molecule has 7 nitrogen and oxygen atoms in total. The number of nitrogens with one attached hydrogen (secondary N) is 1. The van der Waals surface area contributed by atoms with Crippen molar-refractivity contribution in [1.29, 1.82) is 0 Å². The molecule has 0 saturated carbocycles. The van der Waals surface area contributed by atoms with E-state index < -0.39 is 0 Å². The van der Waals surface area contributed by atoms with Crippen LogP contribution in [-0.2, 0) is 11.3 Å². The van der Waals surface area contributed by atoms with Crippen LogP contribution in [-0.4, -0.2) is 32.3 Å². The molecule has 2 aromatic carbocycles. The fourth-order valence-corrected chi connectivity index (χ4v) is 3.87. The van der Waals surface area contributed by atoms with Gasteiger partial charge in [0.05, 0.1) is 18.6 Å². The minimum absolute atomic E-state index is 0.160. The maximum Gasteiger partial charge on any atom is 0.223 e. The fraction of sp³-hybridized carbons (Fsp3) is 0.182. The number of fused-ring (bicyclic) bond motifs is 3. The molecule has 29 heavy (non-hydrogen) atoms. The molecule has 1 fully saturated rings. The number of nitrogens with two attached hydrogens (primary N) is 1. The highest BCUT2D eigenvalue weighted by Gasteiger charge is 2.22. The van der Waals surface area contributed by atoms with E-state index in [4.69, 9.17) is 17.3 Å². The average Bonchev–Trinajstić information content (AvgIpc) is 3.35. The van der Waals surface area contributed by atoms with Gasteiger partial charge in [-0.15, -0.1) is 0 Å². The molecule has 1 saturated heterocycles. The Kier molecular flexibility index (Phi) is 3.91. The van der Waals surface area contributed by atoms with E-state index in [0.29, 0.717) is 35.8 Å². The predicted octanol–water partition coefficient (Wildman–Crippen LogP) is 4.03. The molecular formula is C22H18N6O. The molecule has 1 aliphatic rings. The molecule has 1 aliphatic heterocycles. The zero-order valence-electron chi connectivity index (χ0n) is 15.6. The number of H-pyrrole nitrogens is 1. The first-order chi connectivity index (χ1) is 14.1. The van der Waals surface area contributed by atoms with Gasteiger partial charge < -0.3 is 15.6 Å². The molecule has 0 spiro atoms. The minimum atomic E-state index is 0.160. The Bertz CT molecular complexity index is 1320. The van der Waals surface area contributed by atoms with Crippen LogP contribution in [0.15, 0.2) is 42.5 Å². The van der Waals surface area contributed by atoms with Gasteiger partial charge in [0.2, 0.25) is 5.91 Å². The highest BCUT2D eigenvalue weighted by Crippen LogP contribution is 2.31. The Labute approximate surface area is 167 Å². The van der Waals surface area contributed by atoms with Crippen LogP contribution in [0.1, 0.15) is 18.7 Å². The van der Waals surface area contributed by atoms with Crippen molar-refractivity contribution >= 4 is 39.3 Å². The van der Waals surface area contributed by atoms with E-state index in [2.05, 4.69) is 14.8 Å². The largest absolute Gasteiger partial charge is 0.382 e. The zero-order chi connectivity index (χ0) is 20.0. The lowest BCUT2D eigenvalue weighted by Gasteiger charge is -2.12.